The first-order valence-electron chi connectivity index (χ1n) is 10.3. The minimum atomic E-state index is -0.0807. The van der Waals surface area contributed by atoms with Gasteiger partial charge in [-0.05, 0) is 49.2 Å². The molecule has 0 bridgehead atoms. The minimum absolute atomic E-state index is 0.0807. The fourth-order valence-electron chi connectivity index (χ4n) is 4.07. The van der Waals surface area contributed by atoms with Crippen LogP contribution >= 0.6 is 0 Å². The van der Waals surface area contributed by atoms with Gasteiger partial charge in [-0.1, -0.05) is 6.07 Å². The van der Waals surface area contributed by atoms with Crippen LogP contribution < -0.4 is 24.3 Å². The van der Waals surface area contributed by atoms with Crippen molar-refractivity contribution in [1.29, 1.82) is 0 Å². The monoisotopic (exact) mass is 412 g/mol. The third-order valence-electron chi connectivity index (χ3n) is 5.55. The summed E-state index contributed by atoms with van der Waals surface area (Å²) in [6, 6.07) is 11.7. The predicted octanol–water partition coefficient (Wildman–Crippen LogP) is 3.64. The van der Waals surface area contributed by atoms with Gasteiger partial charge in [0.2, 0.25) is 5.91 Å². The van der Waals surface area contributed by atoms with Crippen LogP contribution in [0.1, 0.15) is 30.9 Å². The second-order valence-corrected chi connectivity index (χ2v) is 7.50. The van der Waals surface area contributed by atoms with Gasteiger partial charge in [0.15, 0.2) is 11.5 Å². The van der Waals surface area contributed by atoms with Crippen molar-refractivity contribution < 1.29 is 23.7 Å². The molecule has 0 spiro atoms. The van der Waals surface area contributed by atoms with Crippen LogP contribution in [0.4, 0.5) is 5.69 Å². The second kappa shape index (κ2) is 9.26. The molecule has 2 aliphatic heterocycles. The highest BCUT2D eigenvalue weighted by atomic mass is 16.5. The number of ether oxygens (including phenoxy) is 4. The van der Waals surface area contributed by atoms with Gasteiger partial charge in [-0.2, -0.15) is 0 Å². The lowest BCUT2D eigenvalue weighted by molar-refractivity contribution is -0.117. The number of hydrogen-bond acceptors (Lipinski definition) is 6. The Morgan fingerprint density at radius 3 is 2.70 bits per heavy atom. The van der Waals surface area contributed by atoms with Gasteiger partial charge in [0.25, 0.3) is 0 Å². The average molecular weight is 412 g/mol. The van der Waals surface area contributed by atoms with Gasteiger partial charge in [-0.3, -0.25) is 9.69 Å². The van der Waals surface area contributed by atoms with Gasteiger partial charge in [0.1, 0.15) is 11.5 Å². The molecule has 2 aromatic rings. The highest BCUT2D eigenvalue weighted by Gasteiger charge is 2.29. The minimum Gasteiger partial charge on any atom is -0.497 e. The van der Waals surface area contributed by atoms with Gasteiger partial charge in [0.05, 0.1) is 39.7 Å². The molecule has 1 fully saturated rings. The van der Waals surface area contributed by atoms with E-state index in [9.17, 15) is 4.79 Å². The molecule has 2 aliphatic rings. The van der Waals surface area contributed by atoms with E-state index in [4.69, 9.17) is 18.9 Å². The van der Waals surface area contributed by atoms with Crippen molar-refractivity contribution in [3.8, 4) is 23.0 Å². The van der Waals surface area contributed by atoms with Crippen LogP contribution in [0.3, 0.4) is 0 Å². The Morgan fingerprint density at radius 2 is 1.90 bits per heavy atom. The van der Waals surface area contributed by atoms with Crippen molar-refractivity contribution in [2.75, 3.05) is 45.8 Å². The lowest BCUT2D eigenvalue weighted by Gasteiger charge is -2.25. The fraction of sp³-hybridized carbons (Fsp3) is 0.435. The Labute approximate surface area is 176 Å². The van der Waals surface area contributed by atoms with Gasteiger partial charge < -0.3 is 24.3 Å². The number of carbonyl (C=O) groups excluding carboxylic acids is 1. The number of nitrogens with one attached hydrogen (secondary N) is 1. The molecule has 4 rings (SSSR count). The standard InChI is InChI=1S/C23H28N2O5/c1-27-17-7-9-20(28-2)18(14-17)24-23(26)15-25-10-3-5-19(25)16-6-8-21-22(13-16)30-12-4-11-29-21/h6-9,13-14,19H,3-5,10-12,15H2,1-2H3,(H,24,26). The van der Waals surface area contributed by atoms with Gasteiger partial charge >= 0.3 is 0 Å². The first kappa shape index (κ1) is 20.3. The van der Waals surface area contributed by atoms with Crippen molar-refractivity contribution in [2.24, 2.45) is 0 Å². The number of carbonyl (C=O) groups is 1. The summed E-state index contributed by atoms with van der Waals surface area (Å²) in [5.74, 6) is 2.77. The molecule has 0 aromatic heterocycles. The number of likely N-dealkylation sites (tertiary alicyclic amines) is 1. The molecule has 1 N–H and O–H groups in total. The highest BCUT2D eigenvalue weighted by molar-refractivity contribution is 5.94. The van der Waals surface area contributed by atoms with E-state index in [1.165, 1.54) is 0 Å². The van der Waals surface area contributed by atoms with Gasteiger partial charge in [0, 0.05) is 18.5 Å². The molecular weight excluding hydrogens is 384 g/mol. The van der Waals surface area contributed by atoms with E-state index < -0.39 is 0 Å². The molecule has 1 saturated heterocycles. The Bertz CT molecular complexity index is 901. The molecule has 1 atom stereocenters. The van der Waals surface area contributed by atoms with Crippen LogP contribution in [-0.2, 0) is 4.79 Å². The molecule has 0 radical (unpaired) electrons. The zero-order chi connectivity index (χ0) is 20.9. The third-order valence-corrected chi connectivity index (χ3v) is 5.55. The number of rotatable bonds is 6. The highest BCUT2D eigenvalue weighted by Crippen LogP contribution is 2.38. The topological polar surface area (TPSA) is 69.3 Å². The summed E-state index contributed by atoms with van der Waals surface area (Å²) < 4.78 is 22.2. The molecule has 1 amide bonds. The molecule has 2 aromatic carbocycles. The SMILES string of the molecule is COc1ccc(OC)c(NC(=O)CN2CCCC2c2ccc3c(c2)OCCCO3)c1. The molecule has 30 heavy (non-hydrogen) atoms. The first-order chi connectivity index (χ1) is 14.7. The Kier molecular flexibility index (Phi) is 6.28. The summed E-state index contributed by atoms with van der Waals surface area (Å²) >= 11 is 0. The van der Waals surface area contributed by atoms with E-state index in [-0.39, 0.29) is 11.9 Å². The maximum Gasteiger partial charge on any atom is 0.238 e. The third kappa shape index (κ3) is 4.46. The summed E-state index contributed by atoms with van der Waals surface area (Å²) in [5.41, 5.74) is 1.76. The van der Waals surface area contributed by atoms with Crippen molar-refractivity contribution >= 4 is 11.6 Å². The van der Waals surface area contributed by atoms with Crippen molar-refractivity contribution in [2.45, 2.75) is 25.3 Å². The van der Waals surface area contributed by atoms with Crippen molar-refractivity contribution in [1.82, 2.24) is 4.90 Å². The second-order valence-electron chi connectivity index (χ2n) is 7.50. The maximum absolute atomic E-state index is 12.8. The largest absolute Gasteiger partial charge is 0.497 e. The number of fused-ring (bicyclic) bond motifs is 1. The van der Waals surface area contributed by atoms with Crippen LogP contribution in [0.2, 0.25) is 0 Å². The number of hydrogen-bond donors (Lipinski definition) is 1. The smallest absolute Gasteiger partial charge is 0.238 e. The van der Waals surface area contributed by atoms with Gasteiger partial charge in [-0.25, -0.2) is 0 Å². The molecule has 0 aliphatic carbocycles. The summed E-state index contributed by atoms with van der Waals surface area (Å²) in [5, 5.41) is 2.96. The molecular formula is C23H28N2O5. The Morgan fingerprint density at radius 1 is 1.07 bits per heavy atom. The number of methoxy groups -OCH3 is 2. The Balaban J connectivity index is 1.46. The number of benzene rings is 2. The molecule has 7 nitrogen and oxygen atoms in total. The number of anilines is 1. The number of amides is 1. The van der Waals surface area contributed by atoms with E-state index in [1.54, 1.807) is 32.4 Å². The average Bonchev–Trinajstić information content (AvgIpc) is 3.08. The van der Waals surface area contributed by atoms with Gasteiger partial charge in [-0.15, -0.1) is 0 Å². The van der Waals surface area contributed by atoms with Crippen LogP contribution in [0.25, 0.3) is 0 Å². The normalized spacial score (nSPS) is 18.5. The molecule has 160 valence electrons. The first-order valence-corrected chi connectivity index (χ1v) is 10.3. The summed E-state index contributed by atoms with van der Waals surface area (Å²) in [4.78, 5) is 15.0. The molecule has 7 heteroatoms. The predicted molar refractivity (Wildman–Crippen MR) is 114 cm³/mol. The summed E-state index contributed by atoms with van der Waals surface area (Å²) in [6.07, 6.45) is 2.94. The van der Waals surface area contributed by atoms with Crippen LogP contribution in [0.15, 0.2) is 36.4 Å². The molecule has 2 heterocycles. The zero-order valence-electron chi connectivity index (χ0n) is 17.5. The van der Waals surface area contributed by atoms with Crippen molar-refractivity contribution in [3.05, 3.63) is 42.0 Å². The van der Waals surface area contributed by atoms with E-state index >= 15 is 0 Å². The van der Waals surface area contributed by atoms with E-state index in [0.29, 0.717) is 36.9 Å². The number of nitrogens with zero attached hydrogens (tertiary/aromatic N) is 1. The van der Waals surface area contributed by atoms with Crippen molar-refractivity contribution in [3.63, 3.8) is 0 Å². The molecule has 1 unspecified atom stereocenters. The van der Waals surface area contributed by atoms with Crippen LogP contribution in [0.5, 0.6) is 23.0 Å². The fourth-order valence-corrected chi connectivity index (χ4v) is 4.07. The van der Waals surface area contributed by atoms with E-state index in [2.05, 4.69) is 22.3 Å². The Hall–Kier alpha value is -2.93. The maximum atomic E-state index is 12.8. The summed E-state index contributed by atoms with van der Waals surface area (Å²) in [6.45, 7) is 2.52. The van der Waals surface area contributed by atoms with Crippen LogP contribution in [-0.4, -0.2) is 51.3 Å². The lowest BCUT2D eigenvalue weighted by atomic mass is 10.0. The zero-order valence-corrected chi connectivity index (χ0v) is 17.5. The quantitative estimate of drug-likeness (QED) is 0.781. The molecule has 0 saturated carbocycles. The lowest BCUT2D eigenvalue weighted by Crippen LogP contribution is -2.33. The van der Waals surface area contributed by atoms with E-state index in [0.717, 1.165) is 42.9 Å². The summed E-state index contributed by atoms with van der Waals surface area (Å²) in [7, 11) is 3.18. The van der Waals surface area contributed by atoms with Crippen LogP contribution in [0, 0.1) is 0 Å². The van der Waals surface area contributed by atoms with E-state index in [1.807, 2.05) is 6.07 Å².